The van der Waals surface area contributed by atoms with E-state index in [9.17, 15) is 4.79 Å². The van der Waals surface area contributed by atoms with Gasteiger partial charge in [-0.05, 0) is 0 Å². The molecule has 0 unspecified atom stereocenters. The summed E-state index contributed by atoms with van der Waals surface area (Å²) in [6.45, 7) is 0. The van der Waals surface area contributed by atoms with Crippen molar-refractivity contribution in [3.8, 4) is 0 Å². The lowest BCUT2D eigenvalue weighted by Crippen LogP contribution is -2.11. The third-order valence-corrected chi connectivity index (χ3v) is 1.81. The molecule has 0 radical (unpaired) electrons. The highest BCUT2D eigenvalue weighted by Crippen LogP contribution is 2.24. The molecule has 0 spiro atoms. The van der Waals surface area contributed by atoms with E-state index in [1.54, 1.807) is 0 Å². The molecule has 1 saturated heterocycles. The summed E-state index contributed by atoms with van der Waals surface area (Å²) in [7, 11) is 1.36. The molecule has 0 N–H and O–H groups in total. The summed E-state index contributed by atoms with van der Waals surface area (Å²) in [4.78, 5) is 10.6. The van der Waals surface area contributed by atoms with Crippen molar-refractivity contribution in [3.05, 3.63) is 0 Å². The average molecular weight is 195 g/mol. The number of esters is 1. The Morgan fingerprint density at radius 3 is 2.89 bits per heavy atom. The van der Waals surface area contributed by atoms with Gasteiger partial charge in [0.25, 0.3) is 0 Å². The highest BCUT2D eigenvalue weighted by atomic mass is 79.9. The highest BCUT2D eigenvalue weighted by molar-refractivity contribution is 9.09. The van der Waals surface area contributed by atoms with Gasteiger partial charge in [-0.1, -0.05) is 15.9 Å². The van der Waals surface area contributed by atoms with Gasteiger partial charge in [0.1, 0.15) is 6.10 Å². The smallest absolute Gasteiger partial charge is 0.337 e. The average Bonchev–Trinajstić information content (AvgIpc) is 2.64. The molecule has 0 aromatic heterocycles. The largest absolute Gasteiger partial charge is 0.467 e. The topological polar surface area (TPSA) is 38.8 Å². The number of hydrogen-bond donors (Lipinski definition) is 0. The van der Waals surface area contributed by atoms with Crippen molar-refractivity contribution in [2.45, 2.75) is 12.2 Å². The quantitative estimate of drug-likeness (QED) is 0.362. The van der Waals surface area contributed by atoms with E-state index in [1.807, 2.05) is 0 Å². The number of alkyl halides is 1. The lowest BCUT2D eigenvalue weighted by molar-refractivity contribution is -0.142. The van der Waals surface area contributed by atoms with Gasteiger partial charge in [-0.2, -0.15) is 0 Å². The van der Waals surface area contributed by atoms with E-state index >= 15 is 0 Å². The normalized spacial score (nSPS) is 31.8. The maximum absolute atomic E-state index is 10.6. The molecule has 9 heavy (non-hydrogen) atoms. The molecule has 0 aromatic carbocycles. The van der Waals surface area contributed by atoms with Crippen LogP contribution in [-0.2, 0) is 14.3 Å². The molecule has 1 heterocycles. The van der Waals surface area contributed by atoms with Gasteiger partial charge >= 0.3 is 5.97 Å². The molecule has 1 aliphatic rings. The number of rotatable bonds is 2. The molecule has 4 heteroatoms. The summed E-state index contributed by atoms with van der Waals surface area (Å²) in [5, 5.41) is 0.701. The summed E-state index contributed by atoms with van der Waals surface area (Å²) in [6, 6.07) is 0. The maximum atomic E-state index is 10.6. The van der Waals surface area contributed by atoms with E-state index < -0.39 is 0 Å². The number of epoxide rings is 1. The third kappa shape index (κ3) is 1.43. The van der Waals surface area contributed by atoms with Crippen LogP contribution in [0.3, 0.4) is 0 Å². The second-order valence-electron chi connectivity index (χ2n) is 1.77. The Hall–Kier alpha value is -0.0900. The van der Waals surface area contributed by atoms with E-state index in [4.69, 9.17) is 4.74 Å². The zero-order valence-corrected chi connectivity index (χ0v) is 6.55. The maximum Gasteiger partial charge on any atom is 0.337 e. The molecule has 52 valence electrons. The van der Waals surface area contributed by atoms with Gasteiger partial charge < -0.3 is 9.47 Å². The second kappa shape index (κ2) is 2.66. The van der Waals surface area contributed by atoms with E-state index in [-0.39, 0.29) is 18.2 Å². The zero-order chi connectivity index (χ0) is 6.85. The van der Waals surface area contributed by atoms with Gasteiger partial charge in [0, 0.05) is 5.33 Å². The van der Waals surface area contributed by atoms with Crippen LogP contribution in [0, 0.1) is 0 Å². The van der Waals surface area contributed by atoms with Crippen molar-refractivity contribution in [2.24, 2.45) is 0 Å². The van der Waals surface area contributed by atoms with Gasteiger partial charge in [0.05, 0.1) is 7.11 Å². The molecule has 0 saturated carbocycles. The van der Waals surface area contributed by atoms with Gasteiger partial charge in [-0.15, -0.1) is 0 Å². The molecule has 0 aliphatic carbocycles. The predicted octanol–water partition coefficient (Wildman–Crippen LogP) is 0.322. The van der Waals surface area contributed by atoms with E-state index in [1.165, 1.54) is 7.11 Å². The molecule has 3 nitrogen and oxygen atoms in total. The zero-order valence-electron chi connectivity index (χ0n) is 4.96. The monoisotopic (exact) mass is 194 g/mol. The van der Waals surface area contributed by atoms with E-state index in [2.05, 4.69) is 20.7 Å². The van der Waals surface area contributed by atoms with Gasteiger partial charge in [-0.3, -0.25) is 0 Å². The van der Waals surface area contributed by atoms with Crippen LogP contribution in [0.5, 0.6) is 0 Å². The number of carbonyl (C=O) groups excluding carboxylic acids is 1. The fraction of sp³-hybridized carbons (Fsp3) is 0.800. The van der Waals surface area contributed by atoms with Crippen molar-refractivity contribution in [2.75, 3.05) is 12.4 Å². The highest BCUT2D eigenvalue weighted by Gasteiger charge is 2.44. The van der Waals surface area contributed by atoms with Crippen LogP contribution < -0.4 is 0 Å². The Morgan fingerprint density at radius 2 is 2.56 bits per heavy atom. The Bertz CT molecular complexity index is 125. The standard InChI is InChI=1S/C5H7BrO3/c1-8-5(7)4-3(2-6)9-4/h3-4H,2H2,1H3/t3-,4+/m1/s1. The van der Waals surface area contributed by atoms with Crippen molar-refractivity contribution in [1.82, 2.24) is 0 Å². The first-order chi connectivity index (χ1) is 4.29. The van der Waals surface area contributed by atoms with E-state index in [0.29, 0.717) is 5.33 Å². The summed E-state index contributed by atoms with van der Waals surface area (Å²) >= 11 is 3.18. The summed E-state index contributed by atoms with van der Waals surface area (Å²) in [6.07, 6.45) is -0.271. The Kier molecular flexibility index (Phi) is 2.08. The molecular weight excluding hydrogens is 188 g/mol. The van der Waals surface area contributed by atoms with Crippen molar-refractivity contribution in [1.29, 1.82) is 0 Å². The second-order valence-corrected chi connectivity index (χ2v) is 2.42. The minimum atomic E-state index is -0.311. The molecule has 0 bridgehead atoms. The van der Waals surface area contributed by atoms with Crippen LogP contribution in [0.25, 0.3) is 0 Å². The first-order valence-electron chi connectivity index (χ1n) is 2.59. The van der Waals surface area contributed by atoms with Crippen molar-refractivity contribution >= 4 is 21.9 Å². The summed E-state index contributed by atoms with van der Waals surface area (Å²) in [5.41, 5.74) is 0. The summed E-state index contributed by atoms with van der Waals surface area (Å²) in [5.74, 6) is -0.278. The number of halogens is 1. The van der Waals surface area contributed by atoms with Gasteiger partial charge in [0.15, 0.2) is 6.10 Å². The number of carbonyl (C=O) groups is 1. The number of hydrogen-bond acceptors (Lipinski definition) is 3. The number of ether oxygens (including phenoxy) is 2. The van der Waals surface area contributed by atoms with Crippen molar-refractivity contribution < 1.29 is 14.3 Å². The number of methoxy groups -OCH3 is 1. The van der Waals surface area contributed by atoms with Crippen LogP contribution in [0.4, 0.5) is 0 Å². The minimum Gasteiger partial charge on any atom is -0.467 e. The molecule has 1 fully saturated rings. The van der Waals surface area contributed by atoms with E-state index in [0.717, 1.165) is 0 Å². The minimum absolute atomic E-state index is 0.0393. The van der Waals surface area contributed by atoms with Crippen LogP contribution in [0.15, 0.2) is 0 Å². The third-order valence-electron chi connectivity index (χ3n) is 1.17. The lowest BCUT2D eigenvalue weighted by Gasteiger charge is -1.89. The predicted molar refractivity (Wildman–Crippen MR) is 34.5 cm³/mol. The Labute approximate surface area is 61.4 Å². The molecule has 0 aromatic rings. The van der Waals surface area contributed by atoms with Crippen LogP contribution in [-0.4, -0.2) is 30.6 Å². The Balaban J connectivity index is 2.25. The molecule has 1 aliphatic heterocycles. The van der Waals surface area contributed by atoms with Gasteiger partial charge in [-0.25, -0.2) is 4.79 Å². The Morgan fingerprint density at radius 1 is 1.89 bits per heavy atom. The summed E-state index contributed by atoms with van der Waals surface area (Å²) < 4.78 is 9.32. The molecule has 0 amide bonds. The fourth-order valence-electron chi connectivity index (χ4n) is 0.584. The van der Waals surface area contributed by atoms with Gasteiger partial charge in [0.2, 0.25) is 0 Å². The molecule has 2 atom stereocenters. The lowest BCUT2D eigenvalue weighted by atomic mass is 10.3. The first-order valence-corrected chi connectivity index (χ1v) is 3.71. The van der Waals surface area contributed by atoms with Crippen molar-refractivity contribution in [3.63, 3.8) is 0 Å². The molecule has 1 rings (SSSR count). The first kappa shape index (κ1) is 7.02. The fourth-order valence-corrected chi connectivity index (χ4v) is 1.08. The van der Waals surface area contributed by atoms with Crippen LogP contribution in [0.1, 0.15) is 0 Å². The SMILES string of the molecule is COC(=O)[C@H]1O[C@@H]1CBr. The molecular formula is C5H7BrO3. The van der Waals surface area contributed by atoms with Crippen LogP contribution in [0.2, 0.25) is 0 Å². The van der Waals surface area contributed by atoms with Crippen LogP contribution >= 0.6 is 15.9 Å².